The molecule has 4 nitrogen and oxygen atoms in total. The van der Waals surface area contributed by atoms with E-state index in [2.05, 4.69) is 5.32 Å². The second-order valence-electron chi connectivity index (χ2n) is 4.92. The lowest BCUT2D eigenvalue weighted by Crippen LogP contribution is -2.42. The lowest BCUT2D eigenvalue weighted by molar-refractivity contribution is 0.00436. The van der Waals surface area contributed by atoms with Crippen molar-refractivity contribution in [2.45, 2.75) is 44.1 Å². The maximum atomic E-state index is 10.2. The summed E-state index contributed by atoms with van der Waals surface area (Å²) >= 11 is 0. The van der Waals surface area contributed by atoms with Gasteiger partial charge in [0.15, 0.2) is 0 Å². The molecule has 1 rings (SSSR count). The third-order valence-corrected chi connectivity index (χ3v) is 3.31. The van der Waals surface area contributed by atoms with Gasteiger partial charge in [0.25, 0.3) is 0 Å². The van der Waals surface area contributed by atoms with Gasteiger partial charge >= 0.3 is 0 Å². The largest absolute Gasteiger partial charge is 0.389 e. The van der Waals surface area contributed by atoms with E-state index in [0.29, 0.717) is 13.2 Å². The van der Waals surface area contributed by atoms with Gasteiger partial charge in [-0.05, 0) is 25.8 Å². The Balaban J connectivity index is 1.89. The topological polar surface area (TPSA) is 50.7 Å². The molecule has 0 aromatic rings. The van der Waals surface area contributed by atoms with E-state index in [1.807, 2.05) is 0 Å². The summed E-state index contributed by atoms with van der Waals surface area (Å²) in [5, 5.41) is 13.6. The molecule has 0 aliphatic heterocycles. The monoisotopic (exact) mass is 245 g/mol. The van der Waals surface area contributed by atoms with Gasteiger partial charge in [0.2, 0.25) is 0 Å². The molecule has 1 saturated carbocycles. The van der Waals surface area contributed by atoms with Crippen LogP contribution in [0, 0.1) is 0 Å². The third-order valence-electron chi connectivity index (χ3n) is 3.31. The summed E-state index contributed by atoms with van der Waals surface area (Å²) < 4.78 is 10.3. The average molecular weight is 245 g/mol. The molecule has 17 heavy (non-hydrogen) atoms. The van der Waals surface area contributed by atoms with E-state index in [9.17, 15) is 5.11 Å². The van der Waals surface area contributed by atoms with Crippen LogP contribution in [0.4, 0.5) is 0 Å². The second kappa shape index (κ2) is 8.86. The van der Waals surface area contributed by atoms with Gasteiger partial charge < -0.3 is 19.9 Å². The molecule has 0 atom stereocenters. The Kier molecular flexibility index (Phi) is 7.77. The minimum Gasteiger partial charge on any atom is -0.389 e. The highest BCUT2D eigenvalue weighted by molar-refractivity contribution is 4.84. The van der Waals surface area contributed by atoms with Gasteiger partial charge in [-0.25, -0.2) is 0 Å². The molecule has 0 radical (unpaired) electrons. The summed E-state index contributed by atoms with van der Waals surface area (Å²) in [6, 6.07) is 0. The van der Waals surface area contributed by atoms with Crippen LogP contribution in [0.25, 0.3) is 0 Å². The molecule has 0 saturated heterocycles. The van der Waals surface area contributed by atoms with Crippen molar-refractivity contribution >= 4 is 0 Å². The van der Waals surface area contributed by atoms with E-state index >= 15 is 0 Å². The highest BCUT2D eigenvalue weighted by Gasteiger charge is 2.28. The number of aliphatic hydroxyl groups is 1. The van der Waals surface area contributed by atoms with Crippen molar-refractivity contribution in [3.63, 3.8) is 0 Å². The van der Waals surface area contributed by atoms with Crippen LogP contribution < -0.4 is 5.32 Å². The normalized spacial score (nSPS) is 19.4. The molecule has 4 heteroatoms. The van der Waals surface area contributed by atoms with E-state index in [1.54, 1.807) is 7.11 Å². The lowest BCUT2D eigenvalue weighted by Gasteiger charge is -2.32. The molecule has 0 spiro atoms. The smallest absolute Gasteiger partial charge is 0.0771 e. The van der Waals surface area contributed by atoms with Crippen LogP contribution in [0.2, 0.25) is 0 Å². The van der Waals surface area contributed by atoms with Crippen molar-refractivity contribution in [2.24, 2.45) is 0 Å². The van der Waals surface area contributed by atoms with Crippen LogP contribution in [0.15, 0.2) is 0 Å². The zero-order chi connectivity index (χ0) is 12.4. The molecular formula is C13H27NO3. The van der Waals surface area contributed by atoms with Crippen molar-refractivity contribution in [3.8, 4) is 0 Å². The highest BCUT2D eigenvalue weighted by atomic mass is 16.5. The van der Waals surface area contributed by atoms with Crippen molar-refractivity contribution < 1.29 is 14.6 Å². The first-order chi connectivity index (χ1) is 8.27. The Bertz CT molecular complexity index is 182. The number of ether oxygens (including phenoxy) is 2. The first kappa shape index (κ1) is 14.9. The Morgan fingerprint density at radius 2 is 1.88 bits per heavy atom. The average Bonchev–Trinajstić information content (AvgIpc) is 2.33. The molecule has 1 fully saturated rings. The van der Waals surface area contributed by atoms with Gasteiger partial charge in [-0.15, -0.1) is 0 Å². The zero-order valence-corrected chi connectivity index (χ0v) is 11.0. The maximum Gasteiger partial charge on any atom is 0.0771 e. The molecule has 0 heterocycles. The summed E-state index contributed by atoms with van der Waals surface area (Å²) in [7, 11) is 1.68. The van der Waals surface area contributed by atoms with E-state index < -0.39 is 5.60 Å². The summed E-state index contributed by atoms with van der Waals surface area (Å²) in [4.78, 5) is 0. The number of methoxy groups -OCH3 is 1. The summed E-state index contributed by atoms with van der Waals surface area (Å²) in [6.45, 7) is 3.72. The van der Waals surface area contributed by atoms with E-state index in [0.717, 1.165) is 51.8 Å². The fourth-order valence-corrected chi connectivity index (χ4v) is 2.25. The van der Waals surface area contributed by atoms with Gasteiger partial charge in [-0.3, -0.25) is 0 Å². The predicted octanol–water partition coefficient (Wildman–Crippen LogP) is 1.32. The summed E-state index contributed by atoms with van der Waals surface area (Å²) in [5.74, 6) is 0. The second-order valence-corrected chi connectivity index (χ2v) is 4.92. The van der Waals surface area contributed by atoms with E-state index in [1.165, 1.54) is 6.42 Å². The number of rotatable bonds is 9. The predicted molar refractivity (Wildman–Crippen MR) is 68.2 cm³/mol. The van der Waals surface area contributed by atoms with Crippen molar-refractivity contribution in [3.05, 3.63) is 0 Å². The Morgan fingerprint density at radius 1 is 1.12 bits per heavy atom. The van der Waals surface area contributed by atoms with Crippen molar-refractivity contribution in [1.29, 1.82) is 0 Å². The Morgan fingerprint density at radius 3 is 2.59 bits per heavy atom. The molecule has 0 aromatic carbocycles. The van der Waals surface area contributed by atoms with E-state index in [4.69, 9.17) is 9.47 Å². The van der Waals surface area contributed by atoms with Gasteiger partial charge in [-0.2, -0.15) is 0 Å². The molecule has 0 aromatic heterocycles. The minimum absolute atomic E-state index is 0.449. The molecule has 1 aliphatic carbocycles. The lowest BCUT2D eigenvalue weighted by atomic mass is 9.85. The van der Waals surface area contributed by atoms with Crippen LogP contribution in [0.1, 0.15) is 38.5 Å². The molecule has 102 valence electrons. The molecule has 2 N–H and O–H groups in total. The molecule has 0 amide bonds. The molecule has 0 bridgehead atoms. The fraction of sp³-hybridized carbons (Fsp3) is 1.00. The SMILES string of the molecule is COCCOCCCNCC1(O)CCCCC1. The molecule has 1 aliphatic rings. The van der Waals surface area contributed by atoms with Crippen LogP contribution in [-0.2, 0) is 9.47 Å². The minimum atomic E-state index is -0.449. The van der Waals surface area contributed by atoms with Crippen LogP contribution in [0.3, 0.4) is 0 Å². The van der Waals surface area contributed by atoms with Gasteiger partial charge in [0, 0.05) is 20.3 Å². The Labute approximate surface area is 105 Å². The van der Waals surface area contributed by atoms with Crippen molar-refractivity contribution in [2.75, 3.05) is 40.0 Å². The Hall–Kier alpha value is -0.160. The first-order valence-corrected chi connectivity index (χ1v) is 6.77. The third kappa shape index (κ3) is 6.99. The van der Waals surface area contributed by atoms with Gasteiger partial charge in [-0.1, -0.05) is 19.3 Å². The highest BCUT2D eigenvalue weighted by Crippen LogP contribution is 2.27. The molecule has 0 unspecified atom stereocenters. The van der Waals surface area contributed by atoms with Crippen LogP contribution >= 0.6 is 0 Å². The quantitative estimate of drug-likeness (QED) is 0.602. The van der Waals surface area contributed by atoms with Crippen LogP contribution in [-0.4, -0.2) is 50.7 Å². The standard InChI is InChI=1S/C13H27NO3/c1-16-10-11-17-9-5-8-14-12-13(15)6-3-2-4-7-13/h14-15H,2-12H2,1H3. The summed E-state index contributed by atoms with van der Waals surface area (Å²) in [5.41, 5.74) is -0.449. The number of hydrogen-bond acceptors (Lipinski definition) is 4. The van der Waals surface area contributed by atoms with E-state index in [-0.39, 0.29) is 0 Å². The number of hydrogen-bond donors (Lipinski definition) is 2. The first-order valence-electron chi connectivity index (χ1n) is 6.77. The van der Waals surface area contributed by atoms with Crippen LogP contribution in [0.5, 0.6) is 0 Å². The molecular weight excluding hydrogens is 218 g/mol. The number of nitrogens with one attached hydrogen (secondary N) is 1. The van der Waals surface area contributed by atoms with Crippen molar-refractivity contribution in [1.82, 2.24) is 5.32 Å². The summed E-state index contributed by atoms with van der Waals surface area (Å²) in [6.07, 6.45) is 6.49. The maximum absolute atomic E-state index is 10.2. The van der Waals surface area contributed by atoms with Gasteiger partial charge in [0.05, 0.1) is 18.8 Å². The zero-order valence-electron chi connectivity index (χ0n) is 11.0. The van der Waals surface area contributed by atoms with Gasteiger partial charge in [0.1, 0.15) is 0 Å². The fourth-order valence-electron chi connectivity index (χ4n) is 2.25.